The lowest BCUT2D eigenvalue weighted by atomic mass is 10.1. The summed E-state index contributed by atoms with van der Waals surface area (Å²) in [6, 6.07) is 17.6. The average molecular weight is 385 g/mol. The molecule has 0 aliphatic carbocycles. The Hall–Kier alpha value is -2.27. The molecule has 0 spiro atoms. The standard InChI is InChI=1S/C22H28N2O2S/c1-4-23-22(26)18(3)24(16-19-10-8-9-17(2)15-19)21(25)13-14-27-20-11-6-5-7-12-20/h5-12,15,18H,4,13-14,16H2,1-3H3,(H,23,26). The number of benzene rings is 2. The fourth-order valence-electron chi connectivity index (χ4n) is 2.83. The molecular weight excluding hydrogens is 356 g/mol. The minimum atomic E-state index is -0.500. The van der Waals surface area contributed by atoms with E-state index in [1.807, 2.05) is 62.4 Å². The number of nitrogens with zero attached hydrogens (tertiary/aromatic N) is 1. The van der Waals surface area contributed by atoms with Gasteiger partial charge < -0.3 is 10.2 Å². The van der Waals surface area contributed by atoms with Crippen molar-refractivity contribution >= 4 is 23.6 Å². The monoisotopic (exact) mass is 384 g/mol. The van der Waals surface area contributed by atoms with Crippen LogP contribution in [0.2, 0.25) is 0 Å². The summed E-state index contributed by atoms with van der Waals surface area (Å²) >= 11 is 1.66. The average Bonchev–Trinajstić information content (AvgIpc) is 2.66. The first-order valence-corrected chi connectivity index (χ1v) is 10.3. The Balaban J connectivity index is 2.05. The van der Waals surface area contributed by atoms with Crippen LogP contribution in [0.3, 0.4) is 0 Å². The minimum Gasteiger partial charge on any atom is -0.355 e. The first kappa shape index (κ1) is 21.0. The Bertz CT molecular complexity index is 749. The minimum absolute atomic E-state index is 0.00121. The number of hydrogen-bond acceptors (Lipinski definition) is 3. The lowest BCUT2D eigenvalue weighted by Gasteiger charge is -2.29. The molecule has 2 aromatic carbocycles. The Morgan fingerprint density at radius 2 is 1.85 bits per heavy atom. The third-order valence-electron chi connectivity index (χ3n) is 4.28. The third kappa shape index (κ3) is 6.75. The maximum atomic E-state index is 12.9. The Kier molecular flexibility index (Phi) is 8.40. The highest BCUT2D eigenvalue weighted by atomic mass is 32.2. The quantitative estimate of drug-likeness (QED) is 0.664. The number of hydrogen-bond donors (Lipinski definition) is 1. The smallest absolute Gasteiger partial charge is 0.242 e. The Labute approximate surface area is 166 Å². The summed E-state index contributed by atoms with van der Waals surface area (Å²) in [5, 5.41) is 2.82. The molecule has 144 valence electrons. The predicted molar refractivity (Wildman–Crippen MR) is 112 cm³/mol. The van der Waals surface area contributed by atoms with Crippen molar-refractivity contribution in [2.45, 2.75) is 44.7 Å². The van der Waals surface area contributed by atoms with Gasteiger partial charge >= 0.3 is 0 Å². The normalized spacial score (nSPS) is 11.7. The van der Waals surface area contributed by atoms with E-state index in [4.69, 9.17) is 0 Å². The molecule has 1 atom stereocenters. The zero-order valence-electron chi connectivity index (χ0n) is 16.3. The molecule has 5 heteroatoms. The van der Waals surface area contributed by atoms with Crippen LogP contribution >= 0.6 is 11.8 Å². The molecule has 0 aromatic heterocycles. The van der Waals surface area contributed by atoms with Gasteiger partial charge in [0, 0.05) is 30.2 Å². The van der Waals surface area contributed by atoms with Gasteiger partial charge in [-0.2, -0.15) is 0 Å². The molecule has 0 radical (unpaired) electrons. The molecule has 2 aromatic rings. The largest absolute Gasteiger partial charge is 0.355 e. The second-order valence-electron chi connectivity index (χ2n) is 6.49. The molecule has 0 aliphatic rings. The predicted octanol–water partition coefficient (Wildman–Crippen LogP) is 4.03. The molecule has 0 fully saturated rings. The molecule has 0 saturated heterocycles. The maximum Gasteiger partial charge on any atom is 0.242 e. The molecular formula is C22H28N2O2S. The fourth-order valence-corrected chi connectivity index (χ4v) is 3.69. The van der Waals surface area contributed by atoms with E-state index in [1.165, 1.54) is 0 Å². The van der Waals surface area contributed by atoms with Gasteiger partial charge in [-0.3, -0.25) is 9.59 Å². The van der Waals surface area contributed by atoms with Crippen LogP contribution < -0.4 is 5.32 Å². The topological polar surface area (TPSA) is 49.4 Å². The van der Waals surface area contributed by atoms with Gasteiger partial charge in [-0.05, 0) is 38.5 Å². The fraction of sp³-hybridized carbons (Fsp3) is 0.364. The lowest BCUT2D eigenvalue weighted by Crippen LogP contribution is -2.47. The van der Waals surface area contributed by atoms with E-state index in [0.29, 0.717) is 25.3 Å². The van der Waals surface area contributed by atoms with Crippen molar-refractivity contribution in [2.24, 2.45) is 0 Å². The number of nitrogens with one attached hydrogen (secondary N) is 1. The van der Waals surface area contributed by atoms with Crippen molar-refractivity contribution in [2.75, 3.05) is 12.3 Å². The maximum absolute atomic E-state index is 12.9. The highest BCUT2D eigenvalue weighted by Gasteiger charge is 2.25. The van der Waals surface area contributed by atoms with Crippen LogP contribution in [0.4, 0.5) is 0 Å². The molecule has 0 aliphatic heterocycles. The SMILES string of the molecule is CCNC(=O)C(C)N(Cc1cccc(C)c1)C(=O)CCSc1ccccc1. The van der Waals surface area contributed by atoms with Crippen LogP contribution in [0.25, 0.3) is 0 Å². The summed E-state index contributed by atoms with van der Waals surface area (Å²) in [5.41, 5.74) is 2.18. The van der Waals surface area contributed by atoms with Crippen molar-refractivity contribution in [1.82, 2.24) is 10.2 Å². The number of thioether (sulfide) groups is 1. The van der Waals surface area contributed by atoms with Gasteiger partial charge in [-0.15, -0.1) is 11.8 Å². The summed E-state index contributed by atoms with van der Waals surface area (Å²) in [6.07, 6.45) is 0.398. The molecule has 4 nitrogen and oxygen atoms in total. The van der Waals surface area contributed by atoms with E-state index < -0.39 is 6.04 Å². The van der Waals surface area contributed by atoms with E-state index in [-0.39, 0.29) is 11.8 Å². The van der Waals surface area contributed by atoms with Crippen molar-refractivity contribution in [3.05, 3.63) is 65.7 Å². The van der Waals surface area contributed by atoms with Gasteiger partial charge in [0.25, 0.3) is 0 Å². The number of amides is 2. The van der Waals surface area contributed by atoms with Crippen molar-refractivity contribution < 1.29 is 9.59 Å². The van der Waals surface area contributed by atoms with Gasteiger partial charge in [-0.25, -0.2) is 0 Å². The molecule has 1 N–H and O–H groups in total. The van der Waals surface area contributed by atoms with Crippen molar-refractivity contribution in [3.63, 3.8) is 0 Å². The summed E-state index contributed by atoms with van der Waals surface area (Å²) in [4.78, 5) is 28.1. The van der Waals surface area contributed by atoms with E-state index in [1.54, 1.807) is 23.6 Å². The number of likely N-dealkylation sites (N-methyl/N-ethyl adjacent to an activating group) is 1. The van der Waals surface area contributed by atoms with E-state index in [0.717, 1.165) is 16.0 Å². The highest BCUT2D eigenvalue weighted by molar-refractivity contribution is 7.99. The van der Waals surface area contributed by atoms with Crippen LogP contribution in [-0.4, -0.2) is 35.1 Å². The summed E-state index contributed by atoms with van der Waals surface area (Å²) < 4.78 is 0. The van der Waals surface area contributed by atoms with E-state index in [2.05, 4.69) is 11.4 Å². The first-order chi connectivity index (χ1) is 13.0. The number of carbonyl (C=O) groups is 2. The summed E-state index contributed by atoms with van der Waals surface area (Å²) in [5.74, 6) is 0.572. The molecule has 1 unspecified atom stereocenters. The van der Waals surface area contributed by atoms with Crippen LogP contribution in [0.1, 0.15) is 31.4 Å². The van der Waals surface area contributed by atoms with E-state index >= 15 is 0 Å². The number of aryl methyl sites for hydroxylation is 1. The molecule has 2 rings (SSSR count). The van der Waals surface area contributed by atoms with Crippen molar-refractivity contribution in [3.8, 4) is 0 Å². The second kappa shape index (κ2) is 10.8. The molecule has 0 bridgehead atoms. The Morgan fingerprint density at radius 1 is 1.11 bits per heavy atom. The molecule has 0 heterocycles. The van der Waals surface area contributed by atoms with Gasteiger partial charge in [0.1, 0.15) is 6.04 Å². The molecule has 0 saturated carbocycles. The zero-order valence-corrected chi connectivity index (χ0v) is 17.1. The van der Waals surface area contributed by atoms with Crippen LogP contribution in [0.15, 0.2) is 59.5 Å². The van der Waals surface area contributed by atoms with Gasteiger partial charge in [0.05, 0.1) is 0 Å². The number of rotatable bonds is 9. The first-order valence-electron chi connectivity index (χ1n) is 9.31. The zero-order chi connectivity index (χ0) is 19.6. The van der Waals surface area contributed by atoms with E-state index in [9.17, 15) is 9.59 Å². The third-order valence-corrected chi connectivity index (χ3v) is 5.30. The van der Waals surface area contributed by atoms with Crippen LogP contribution in [0, 0.1) is 6.92 Å². The molecule has 27 heavy (non-hydrogen) atoms. The summed E-state index contributed by atoms with van der Waals surface area (Å²) in [6.45, 7) is 6.70. The van der Waals surface area contributed by atoms with Crippen LogP contribution in [-0.2, 0) is 16.1 Å². The lowest BCUT2D eigenvalue weighted by molar-refractivity contribution is -0.140. The van der Waals surface area contributed by atoms with Crippen molar-refractivity contribution in [1.29, 1.82) is 0 Å². The van der Waals surface area contributed by atoms with Crippen LogP contribution in [0.5, 0.6) is 0 Å². The van der Waals surface area contributed by atoms with Gasteiger partial charge in [-0.1, -0.05) is 48.0 Å². The highest BCUT2D eigenvalue weighted by Crippen LogP contribution is 2.19. The molecule has 2 amide bonds. The Morgan fingerprint density at radius 3 is 2.52 bits per heavy atom. The van der Waals surface area contributed by atoms with Gasteiger partial charge in [0.15, 0.2) is 0 Å². The van der Waals surface area contributed by atoms with Gasteiger partial charge in [0.2, 0.25) is 11.8 Å². The second-order valence-corrected chi connectivity index (χ2v) is 7.66. The summed E-state index contributed by atoms with van der Waals surface area (Å²) in [7, 11) is 0. The number of carbonyl (C=O) groups excluding carboxylic acids is 2.